The van der Waals surface area contributed by atoms with Crippen LogP contribution in [0.2, 0.25) is 0 Å². The average molecular weight is 593 g/mol. The van der Waals surface area contributed by atoms with Crippen molar-refractivity contribution in [2.75, 3.05) is 77.1 Å². The summed E-state index contributed by atoms with van der Waals surface area (Å²) in [7, 11) is 7.79. The fraction of sp³-hybridized carbons (Fsp3) is 0.818. The van der Waals surface area contributed by atoms with E-state index in [4.69, 9.17) is 25.5 Å². The van der Waals surface area contributed by atoms with Gasteiger partial charge in [0.2, 0.25) is 5.91 Å². The minimum atomic E-state index is -1.12. The van der Waals surface area contributed by atoms with E-state index in [-0.39, 0.29) is 31.4 Å². The highest BCUT2D eigenvalue weighted by atomic mass is 33.1. The zero-order valence-corrected chi connectivity index (χ0v) is 24.8. The van der Waals surface area contributed by atoms with Gasteiger partial charge in [-0.25, -0.2) is 0 Å². The van der Waals surface area contributed by atoms with Gasteiger partial charge in [0.15, 0.2) is 0 Å². The molecule has 0 radical (unpaired) electrons. The van der Waals surface area contributed by atoms with Gasteiger partial charge in [0, 0.05) is 51.1 Å². The summed E-state index contributed by atoms with van der Waals surface area (Å²) in [5, 5.41) is 33.8. The maximum atomic E-state index is 11.8. The molecule has 0 aliphatic carbocycles. The molecule has 37 heavy (non-hydrogen) atoms. The molecule has 0 spiro atoms. The first-order chi connectivity index (χ1) is 17.9. The zero-order chi connectivity index (χ0) is 29.2. The Labute approximate surface area is 233 Å². The van der Waals surface area contributed by atoms with Gasteiger partial charge in [-0.3, -0.25) is 9.59 Å². The number of carboxylic acids is 1. The summed E-state index contributed by atoms with van der Waals surface area (Å²) < 4.78 is 5.01. The van der Waals surface area contributed by atoms with Gasteiger partial charge >= 0.3 is 5.97 Å². The van der Waals surface area contributed by atoms with Gasteiger partial charge in [0.1, 0.15) is 19.1 Å². The minimum absolute atomic E-state index is 0.0398. The van der Waals surface area contributed by atoms with Crippen LogP contribution in [-0.2, 0) is 23.9 Å². The molecule has 0 heterocycles. The number of carbonyl (C=O) groups is 4. The number of rotatable bonds is 22. The van der Waals surface area contributed by atoms with E-state index >= 15 is 0 Å². The van der Waals surface area contributed by atoms with Crippen LogP contribution in [0.25, 0.3) is 0 Å². The van der Waals surface area contributed by atoms with Crippen LogP contribution in [0.3, 0.4) is 0 Å². The van der Waals surface area contributed by atoms with Gasteiger partial charge in [-0.05, 0) is 38.6 Å². The topological polar surface area (TPSA) is 200 Å². The van der Waals surface area contributed by atoms with Crippen LogP contribution >= 0.6 is 33.3 Å². The van der Waals surface area contributed by atoms with Gasteiger partial charge in [0.25, 0.3) is 0 Å². The number of hydrogen-bond donors (Lipinski definition) is 7. The molecule has 1 amide bonds. The number of carbonyl (C=O) groups excluding carboxylic acids is 3. The molecule has 0 aliphatic heterocycles. The summed E-state index contributed by atoms with van der Waals surface area (Å²) in [6, 6.07) is -1.37. The third-order valence-electron chi connectivity index (χ3n) is 3.87. The van der Waals surface area contributed by atoms with Crippen molar-refractivity contribution in [2.24, 2.45) is 5.73 Å². The molecule has 0 fully saturated rings. The number of aliphatic hydroxyl groups excluding tert-OH is 2. The van der Waals surface area contributed by atoms with E-state index in [1.54, 1.807) is 35.7 Å². The third kappa shape index (κ3) is 39.7. The van der Waals surface area contributed by atoms with E-state index in [2.05, 4.69) is 16.0 Å². The summed E-state index contributed by atoms with van der Waals surface area (Å²) in [5.41, 5.74) is 5.37. The summed E-state index contributed by atoms with van der Waals surface area (Å²) in [6.07, 6.45) is 3.10. The molecule has 0 saturated carbocycles. The maximum absolute atomic E-state index is 11.8. The first-order valence-corrected chi connectivity index (χ1v) is 15.3. The van der Waals surface area contributed by atoms with Crippen LogP contribution < -0.4 is 21.7 Å². The Balaban J connectivity index is -0.000000525. The number of methoxy groups -OCH3 is 1. The van der Waals surface area contributed by atoms with Crippen LogP contribution in [0.15, 0.2) is 0 Å². The van der Waals surface area contributed by atoms with Gasteiger partial charge in [0.05, 0.1) is 19.2 Å². The molecule has 15 heteroatoms. The van der Waals surface area contributed by atoms with E-state index in [9.17, 15) is 19.5 Å². The van der Waals surface area contributed by atoms with E-state index < -0.39 is 12.0 Å². The number of thioether (sulfide) groups is 1. The summed E-state index contributed by atoms with van der Waals surface area (Å²) >= 11 is 1.94. The second kappa shape index (κ2) is 39.6. The minimum Gasteiger partial charge on any atom is -0.480 e. The van der Waals surface area contributed by atoms with Gasteiger partial charge < -0.3 is 51.3 Å². The Hall–Kier alpha value is -0.910. The monoisotopic (exact) mass is 592 g/mol. The largest absolute Gasteiger partial charge is 0.480 e. The fourth-order valence-corrected chi connectivity index (χ4v) is 5.19. The lowest BCUT2D eigenvalue weighted by Gasteiger charge is -2.16. The van der Waals surface area contributed by atoms with Gasteiger partial charge in [-0.15, -0.1) is 0 Å². The molecule has 2 atom stereocenters. The lowest BCUT2D eigenvalue weighted by molar-refractivity contribution is -0.138. The number of aliphatic hydroxyl groups is 2. The second-order valence-electron chi connectivity index (χ2n) is 6.82. The molecule has 0 aliphatic rings. The van der Waals surface area contributed by atoms with Crippen LogP contribution in [0.5, 0.6) is 0 Å². The van der Waals surface area contributed by atoms with E-state index in [0.29, 0.717) is 12.3 Å². The van der Waals surface area contributed by atoms with Crippen molar-refractivity contribution in [1.29, 1.82) is 0 Å². The Morgan fingerprint density at radius 3 is 2.30 bits per heavy atom. The van der Waals surface area contributed by atoms with Crippen molar-refractivity contribution >= 4 is 58.3 Å². The number of likely N-dealkylation sites (N-methyl/N-ethyl adjacent to an activating group) is 1. The number of aliphatic carboxylic acids is 1. The molecule has 2 unspecified atom stereocenters. The Kier molecular flexibility index (Phi) is 46.2. The molecule has 0 aromatic heterocycles. The van der Waals surface area contributed by atoms with E-state index in [1.165, 1.54) is 0 Å². The van der Waals surface area contributed by atoms with Crippen molar-refractivity contribution in [3.63, 3.8) is 0 Å². The average Bonchev–Trinajstić information content (AvgIpc) is 2.92. The third-order valence-corrected chi connectivity index (χ3v) is 7.51. The summed E-state index contributed by atoms with van der Waals surface area (Å²) in [5.74, 6) is 2.44. The van der Waals surface area contributed by atoms with Crippen molar-refractivity contribution in [2.45, 2.75) is 37.8 Å². The standard InChI is InChI=1S/C17H35N3O5S3.C3H7NO.CH4O.CH2O/c1-25-8-3-9-26-11-7-19-6-2-10-27-28-13-14(12-21)20-16(22)5-4-15(18)17(23)24;1-4-2-3-5;2*1-2/h14-15,19,21H,2-13,18H2,1H3,(H,20,22)(H,23,24);3-4H,2H2,1H3;2H,1H3;1H2. The SMILES string of the molecule is C=O.CNCC=O.CO.COCCCSCCNCCCSSCC(CO)NC(=O)CCC(N)C(=O)O. The molecule has 12 nitrogen and oxygen atoms in total. The van der Waals surface area contributed by atoms with Gasteiger partial charge in [-0.1, -0.05) is 21.6 Å². The normalized spacial score (nSPS) is 11.3. The smallest absolute Gasteiger partial charge is 0.320 e. The highest BCUT2D eigenvalue weighted by Crippen LogP contribution is 2.22. The van der Waals surface area contributed by atoms with Crippen LogP contribution in [-0.4, -0.2) is 129 Å². The summed E-state index contributed by atoms with van der Waals surface area (Å²) in [6.45, 7) is 5.14. The Morgan fingerprint density at radius 2 is 1.78 bits per heavy atom. The first-order valence-electron chi connectivity index (χ1n) is 11.6. The van der Waals surface area contributed by atoms with Crippen molar-refractivity contribution in [3.8, 4) is 0 Å². The molecule has 222 valence electrons. The zero-order valence-electron chi connectivity index (χ0n) is 22.3. The number of ether oxygens (including phenoxy) is 1. The second-order valence-corrected chi connectivity index (χ2v) is 10.7. The predicted octanol–water partition coefficient (Wildman–Crippen LogP) is -0.385. The van der Waals surface area contributed by atoms with Crippen LogP contribution in [0.1, 0.15) is 25.7 Å². The number of hydrogen-bond acceptors (Lipinski definition) is 13. The number of nitrogens with one attached hydrogen (secondary N) is 3. The van der Waals surface area contributed by atoms with Crippen LogP contribution in [0.4, 0.5) is 0 Å². The van der Waals surface area contributed by atoms with Crippen molar-refractivity contribution in [1.82, 2.24) is 16.0 Å². The predicted molar refractivity (Wildman–Crippen MR) is 155 cm³/mol. The molecule has 8 N–H and O–H groups in total. The van der Waals surface area contributed by atoms with E-state index in [1.807, 2.05) is 18.6 Å². The first kappa shape index (κ1) is 43.2. The number of amides is 1. The number of carboxylic acid groups (broad SMARTS) is 1. The number of nitrogens with two attached hydrogens (primary N) is 1. The molecular formula is C22H48N4O8S3. The molecule has 0 bridgehead atoms. The number of aldehydes is 1. The fourth-order valence-electron chi connectivity index (χ4n) is 2.06. The highest BCUT2D eigenvalue weighted by Gasteiger charge is 2.16. The lowest BCUT2D eigenvalue weighted by Crippen LogP contribution is -2.40. The quantitative estimate of drug-likeness (QED) is 0.0487. The van der Waals surface area contributed by atoms with Crippen molar-refractivity contribution < 1.29 is 39.2 Å². The maximum Gasteiger partial charge on any atom is 0.320 e. The molecule has 0 aromatic carbocycles. The van der Waals surface area contributed by atoms with Crippen LogP contribution in [0, 0.1) is 0 Å². The van der Waals surface area contributed by atoms with E-state index in [0.717, 1.165) is 63.2 Å². The Morgan fingerprint density at radius 1 is 1.11 bits per heavy atom. The summed E-state index contributed by atoms with van der Waals surface area (Å²) in [4.78, 5) is 39.7. The molecular weight excluding hydrogens is 544 g/mol. The lowest BCUT2D eigenvalue weighted by atomic mass is 10.1. The highest BCUT2D eigenvalue weighted by molar-refractivity contribution is 8.76. The van der Waals surface area contributed by atoms with Gasteiger partial charge in [-0.2, -0.15) is 11.8 Å². The molecule has 0 rings (SSSR count). The molecule has 0 saturated heterocycles. The molecule has 0 aromatic rings. The Bertz CT molecular complexity index is 501. The van der Waals surface area contributed by atoms with Crippen molar-refractivity contribution in [3.05, 3.63) is 0 Å².